The second-order valence-corrected chi connectivity index (χ2v) is 22.4. The highest BCUT2D eigenvalue weighted by atomic mass is 31.2. The molecule has 0 aliphatic carbocycles. The fourth-order valence-electron chi connectivity index (χ4n) is 9.26. The van der Waals surface area contributed by atoms with Gasteiger partial charge in [0.15, 0.2) is 6.10 Å². The highest BCUT2D eigenvalue weighted by molar-refractivity contribution is 7.47. The number of allylic oxidation sites excluding steroid dienone is 4. The van der Waals surface area contributed by atoms with Crippen molar-refractivity contribution in [2.45, 2.75) is 328 Å². The van der Waals surface area contributed by atoms with E-state index >= 15 is 0 Å². The third-order valence-corrected chi connectivity index (χ3v) is 14.8. The minimum atomic E-state index is -4.39. The second kappa shape index (κ2) is 57.8. The molecule has 3 N–H and O–H groups in total. The van der Waals surface area contributed by atoms with Gasteiger partial charge in [-0.05, 0) is 44.9 Å². The Morgan fingerprint density at radius 2 is 0.732 bits per heavy atom. The number of phosphoric ester groups is 1. The second-order valence-electron chi connectivity index (χ2n) is 20.9. The van der Waals surface area contributed by atoms with Gasteiger partial charge in [-0.2, -0.15) is 0 Å². The van der Waals surface area contributed by atoms with Crippen LogP contribution in [0.5, 0.6) is 0 Å². The summed E-state index contributed by atoms with van der Waals surface area (Å²) in [5.41, 5.74) is 5.38. The Morgan fingerprint density at radius 1 is 0.423 bits per heavy atom. The van der Waals surface area contributed by atoms with Crippen molar-refractivity contribution < 1.29 is 37.6 Å². The molecule has 0 radical (unpaired) electrons. The van der Waals surface area contributed by atoms with Crippen molar-refractivity contribution >= 4 is 19.8 Å². The van der Waals surface area contributed by atoms with Gasteiger partial charge in [0, 0.05) is 19.4 Å². The zero-order valence-electron chi connectivity index (χ0n) is 47.0. The van der Waals surface area contributed by atoms with Crippen molar-refractivity contribution in [3.63, 3.8) is 0 Å². The minimum Gasteiger partial charge on any atom is -0.462 e. The van der Waals surface area contributed by atoms with Crippen LogP contribution >= 0.6 is 7.82 Å². The molecule has 0 heterocycles. The average molecular weight is 1020 g/mol. The minimum absolute atomic E-state index is 0.0529. The van der Waals surface area contributed by atoms with Gasteiger partial charge in [0.25, 0.3) is 0 Å². The van der Waals surface area contributed by atoms with Crippen LogP contribution in [0.2, 0.25) is 0 Å². The van der Waals surface area contributed by atoms with Gasteiger partial charge in [-0.3, -0.25) is 18.6 Å². The molecule has 0 aromatic heterocycles. The van der Waals surface area contributed by atoms with E-state index in [0.29, 0.717) is 6.42 Å². The van der Waals surface area contributed by atoms with Gasteiger partial charge < -0.3 is 20.1 Å². The Morgan fingerprint density at radius 3 is 1.08 bits per heavy atom. The van der Waals surface area contributed by atoms with Crippen molar-refractivity contribution in [1.82, 2.24) is 0 Å². The molecule has 2 unspecified atom stereocenters. The Balaban J connectivity index is 3.79. The molecule has 2 atom stereocenters. The zero-order chi connectivity index (χ0) is 51.7. The third kappa shape index (κ3) is 57.6. The van der Waals surface area contributed by atoms with Gasteiger partial charge in [-0.25, -0.2) is 4.57 Å². The number of carbonyl (C=O) groups is 2. The molecule has 0 fully saturated rings. The molecule has 9 nitrogen and oxygen atoms in total. The molecule has 0 aromatic carbocycles. The van der Waals surface area contributed by atoms with E-state index in [1.54, 1.807) is 0 Å². The van der Waals surface area contributed by atoms with Crippen LogP contribution in [0.4, 0.5) is 0 Å². The van der Waals surface area contributed by atoms with Crippen LogP contribution in [-0.4, -0.2) is 49.3 Å². The number of phosphoric acid groups is 1. The topological polar surface area (TPSA) is 134 Å². The molecular formula is C61H118NO8P. The first-order chi connectivity index (χ1) is 34.8. The molecule has 0 aliphatic heterocycles. The number of hydrogen-bond acceptors (Lipinski definition) is 8. The van der Waals surface area contributed by atoms with Crippen molar-refractivity contribution in [2.75, 3.05) is 26.4 Å². The molecular weight excluding hydrogens is 906 g/mol. The Labute approximate surface area is 440 Å². The molecule has 0 rings (SSSR count). The predicted molar refractivity (Wildman–Crippen MR) is 303 cm³/mol. The number of unbranched alkanes of at least 4 members (excludes halogenated alkanes) is 42. The van der Waals surface area contributed by atoms with Gasteiger partial charge in [0.2, 0.25) is 0 Å². The first-order valence-corrected chi connectivity index (χ1v) is 32.3. The fraction of sp³-hybridized carbons (Fsp3) is 0.902. The maximum absolute atomic E-state index is 12.7. The third-order valence-electron chi connectivity index (χ3n) is 13.8. The fourth-order valence-corrected chi connectivity index (χ4v) is 10.0. The lowest BCUT2D eigenvalue weighted by Gasteiger charge is -2.19. The summed E-state index contributed by atoms with van der Waals surface area (Å²) in [5, 5.41) is 0. The predicted octanol–water partition coefficient (Wildman–Crippen LogP) is 19.4. The van der Waals surface area contributed by atoms with Crippen molar-refractivity contribution in [1.29, 1.82) is 0 Å². The van der Waals surface area contributed by atoms with Crippen LogP contribution in [0.25, 0.3) is 0 Å². The SMILES string of the molecule is CCCCCC/C=C\C/C=C\CCCCCCCC(=O)OC(COC(=O)CCCCCCCCCCCCCCCCCCCCCCCCCCCCCCCCCCCC)COP(=O)(O)OCCN. The molecule has 0 aliphatic rings. The molecule has 0 bridgehead atoms. The standard InChI is InChI=1S/C61H118NO8P/c1-3-5-7-9-11-13-15-17-19-21-22-23-24-25-26-27-28-29-30-31-32-33-34-35-36-37-38-40-41-43-45-47-49-51-53-60(63)67-57-59(58-69-71(65,66)68-56-55-62)70-61(64)54-52-50-48-46-44-42-39-20-18-16-14-12-10-8-6-4-2/h14,16,20,39,59H,3-13,15,17-19,21-38,40-58,62H2,1-2H3,(H,65,66)/b16-14-,39-20-. The maximum atomic E-state index is 12.7. The number of rotatable bonds is 59. The van der Waals surface area contributed by atoms with Crippen LogP contribution < -0.4 is 5.73 Å². The Kier molecular flexibility index (Phi) is 56.5. The van der Waals surface area contributed by atoms with Crippen LogP contribution in [0, 0.1) is 0 Å². The van der Waals surface area contributed by atoms with Gasteiger partial charge >= 0.3 is 19.8 Å². The van der Waals surface area contributed by atoms with Crippen LogP contribution in [-0.2, 0) is 32.7 Å². The van der Waals surface area contributed by atoms with Crippen molar-refractivity contribution in [3.05, 3.63) is 24.3 Å². The first kappa shape index (κ1) is 69.5. The van der Waals surface area contributed by atoms with E-state index in [1.807, 2.05) is 0 Å². The largest absolute Gasteiger partial charge is 0.472 e. The molecule has 0 amide bonds. The summed E-state index contributed by atoms with van der Waals surface area (Å²) in [7, 11) is -4.39. The van der Waals surface area contributed by atoms with E-state index in [0.717, 1.165) is 57.8 Å². The molecule has 71 heavy (non-hydrogen) atoms. The highest BCUT2D eigenvalue weighted by Crippen LogP contribution is 2.43. The summed E-state index contributed by atoms with van der Waals surface area (Å²) < 4.78 is 33.0. The van der Waals surface area contributed by atoms with Crippen molar-refractivity contribution in [2.24, 2.45) is 5.73 Å². The lowest BCUT2D eigenvalue weighted by Crippen LogP contribution is -2.29. The van der Waals surface area contributed by atoms with Gasteiger partial charge in [-0.1, -0.05) is 289 Å². The van der Waals surface area contributed by atoms with Gasteiger partial charge in [-0.15, -0.1) is 0 Å². The summed E-state index contributed by atoms with van der Waals surface area (Å²) in [6.07, 6.45) is 68.4. The van der Waals surface area contributed by atoms with Crippen molar-refractivity contribution in [3.8, 4) is 0 Å². The molecule has 0 saturated carbocycles. The normalized spacial score (nSPS) is 13.1. The molecule has 0 saturated heterocycles. The van der Waals surface area contributed by atoms with E-state index < -0.39 is 26.5 Å². The van der Waals surface area contributed by atoms with Crippen LogP contribution in [0.3, 0.4) is 0 Å². The number of carbonyl (C=O) groups excluding carboxylic acids is 2. The molecule has 0 aromatic rings. The van der Waals surface area contributed by atoms with E-state index in [2.05, 4.69) is 38.2 Å². The van der Waals surface area contributed by atoms with E-state index in [-0.39, 0.29) is 38.6 Å². The maximum Gasteiger partial charge on any atom is 0.472 e. The van der Waals surface area contributed by atoms with Crippen LogP contribution in [0.1, 0.15) is 322 Å². The van der Waals surface area contributed by atoms with Gasteiger partial charge in [0.1, 0.15) is 6.61 Å². The summed E-state index contributed by atoms with van der Waals surface area (Å²) in [6.45, 7) is 3.76. The Bertz CT molecular complexity index is 1210. The van der Waals surface area contributed by atoms with Gasteiger partial charge in [0.05, 0.1) is 13.2 Å². The first-order valence-electron chi connectivity index (χ1n) is 30.8. The molecule has 10 heteroatoms. The van der Waals surface area contributed by atoms with E-state index in [1.165, 1.54) is 231 Å². The number of nitrogens with two attached hydrogens (primary N) is 1. The molecule has 420 valence electrons. The van der Waals surface area contributed by atoms with E-state index in [9.17, 15) is 19.0 Å². The monoisotopic (exact) mass is 1020 g/mol. The average Bonchev–Trinajstić information content (AvgIpc) is 3.36. The summed E-state index contributed by atoms with van der Waals surface area (Å²) in [4.78, 5) is 35.1. The molecule has 0 spiro atoms. The summed E-state index contributed by atoms with van der Waals surface area (Å²) in [5.74, 6) is -0.828. The van der Waals surface area contributed by atoms with E-state index in [4.69, 9.17) is 24.3 Å². The highest BCUT2D eigenvalue weighted by Gasteiger charge is 2.26. The quantitative estimate of drug-likeness (QED) is 0.0264. The number of esters is 2. The lowest BCUT2D eigenvalue weighted by molar-refractivity contribution is -0.161. The number of ether oxygens (including phenoxy) is 2. The Hall–Kier alpha value is -1.51. The van der Waals surface area contributed by atoms with Crippen LogP contribution in [0.15, 0.2) is 24.3 Å². The smallest absolute Gasteiger partial charge is 0.462 e. The lowest BCUT2D eigenvalue weighted by atomic mass is 10.0. The summed E-state index contributed by atoms with van der Waals surface area (Å²) in [6, 6.07) is 0. The number of hydrogen-bond donors (Lipinski definition) is 2. The zero-order valence-corrected chi connectivity index (χ0v) is 47.9. The summed E-state index contributed by atoms with van der Waals surface area (Å²) >= 11 is 0.